The number of benzene rings is 8. The van der Waals surface area contributed by atoms with Crippen LogP contribution in [0.3, 0.4) is 0 Å². The topological polar surface area (TPSA) is 56.7 Å². The minimum Gasteiger partial charge on any atom is -0.456 e. The van der Waals surface area contributed by atoms with Gasteiger partial charge in [-0.2, -0.15) is 0 Å². The summed E-state index contributed by atoms with van der Waals surface area (Å²) in [5.41, 5.74) is 12.1. The van der Waals surface area contributed by atoms with Crippen molar-refractivity contribution in [2.45, 2.75) is 0 Å². The van der Waals surface area contributed by atoms with E-state index in [-0.39, 0.29) is 0 Å². The van der Waals surface area contributed by atoms with Crippen molar-refractivity contribution in [2.75, 3.05) is 0 Å². The fraction of sp³-hybridized carbons (Fsp3) is 0. The first kappa shape index (κ1) is 31.9. The van der Waals surface area contributed by atoms with E-state index in [4.69, 9.17) is 19.4 Å². The lowest BCUT2D eigenvalue weighted by Crippen LogP contribution is -2.05. The standard InChI is InChI=1S/C51H32N4O/c1-4-15-33(16-5-1)38-23-14-24-42(51-53-49(34-17-6-2-7-18-34)52-50(54-51)35-19-8-3-9-20-35)48(38)55-44-25-12-10-21-39(44)40-29-27-37(32-45(40)55)36-28-30-47-43(31-36)41-22-11-13-26-46(41)56-47/h1-32H. The molecule has 262 valence electrons. The molecule has 3 aromatic heterocycles. The molecule has 0 spiro atoms. The quantitative estimate of drug-likeness (QED) is 0.172. The highest BCUT2D eigenvalue weighted by Gasteiger charge is 2.23. The van der Waals surface area contributed by atoms with Crippen LogP contribution in [0.5, 0.6) is 0 Å². The molecule has 8 aromatic carbocycles. The molecule has 5 nitrogen and oxygen atoms in total. The highest BCUT2D eigenvalue weighted by Crippen LogP contribution is 2.42. The van der Waals surface area contributed by atoms with Crippen molar-refractivity contribution < 1.29 is 4.42 Å². The summed E-state index contributed by atoms with van der Waals surface area (Å²) in [7, 11) is 0. The maximum Gasteiger partial charge on any atom is 0.166 e. The molecular weight excluding hydrogens is 685 g/mol. The van der Waals surface area contributed by atoms with Crippen molar-refractivity contribution in [2.24, 2.45) is 0 Å². The lowest BCUT2D eigenvalue weighted by molar-refractivity contribution is 0.669. The Bertz CT molecular complexity index is 3180. The van der Waals surface area contributed by atoms with E-state index in [1.54, 1.807) is 0 Å². The fourth-order valence-corrected chi connectivity index (χ4v) is 8.04. The molecule has 0 radical (unpaired) electrons. The van der Waals surface area contributed by atoms with E-state index in [0.717, 1.165) is 77.6 Å². The van der Waals surface area contributed by atoms with E-state index >= 15 is 0 Å². The molecular formula is C51H32N4O. The first-order valence-electron chi connectivity index (χ1n) is 18.8. The van der Waals surface area contributed by atoms with E-state index in [1.807, 2.05) is 72.8 Å². The van der Waals surface area contributed by atoms with Gasteiger partial charge in [-0.15, -0.1) is 0 Å². The summed E-state index contributed by atoms with van der Waals surface area (Å²) in [6.07, 6.45) is 0. The Kier molecular flexibility index (Phi) is 7.42. The number of aromatic nitrogens is 4. The SMILES string of the molecule is c1ccc(-c2nc(-c3ccccc3)nc(-c3cccc(-c4ccccc4)c3-n3c4ccccc4c4ccc(-c5ccc6oc7ccccc7c6c5)cc43)n2)cc1. The number of hydrogen-bond donors (Lipinski definition) is 0. The molecule has 0 bridgehead atoms. The van der Waals surface area contributed by atoms with Gasteiger partial charge in [-0.25, -0.2) is 15.0 Å². The fourth-order valence-electron chi connectivity index (χ4n) is 8.04. The maximum absolute atomic E-state index is 6.19. The summed E-state index contributed by atoms with van der Waals surface area (Å²) in [4.78, 5) is 15.5. The van der Waals surface area contributed by atoms with Gasteiger partial charge >= 0.3 is 0 Å². The van der Waals surface area contributed by atoms with Gasteiger partial charge < -0.3 is 8.98 Å². The van der Waals surface area contributed by atoms with Gasteiger partial charge in [0.1, 0.15) is 11.2 Å². The summed E-state index contributed by atoms with van der Waals surface area (Å²) < 4.78 is 8.60. The highest BCUT2D eigenvalue weighted by atomic mass is 16.3. The number of rotatable bonds is 6. The Balaban J connectivity index is 1.21. The van der Waals surface area contributed by atoms with Gasteiger partial charge in [-0.3, -0.25) is 0 Å². The third-order valence-corrected chi connectivity index (χ3v) is 10.7. The summed E-state index contributed by atoms with van der Waals surface area (Å²) in [6.45, 7) is 0. The van der Waals surface area contributed by atoms with Crippen molar-refractivity contribution in [1.82, 2.24) is 19.5 Å². The van der Waals surface area contributed by atoms with E-state index in [9.17, 15) is 0 Å². The van der Waals surface area contributed by atoms with Crippen molar-refractivity contribution in [3.8, 4) is 62.1 Å². The molecule has 0 aliphatic heterocycles. The maximum atomic E-state index is 6.19. The minimum absolute atomic E-state index is 0.602. The molecule has 3 heterocycles. The van der Waals surface area contributed by atoms with Crippen LogP contribution in [0.15, 0.2) is 199 Å². The van der Waals surface area contributed by atoms with Gasteiger partial charge in [0.15, 0.2) is 17.5 Å². The Morgan fingerprint density at radius 3 is 1.59 bits per heavy atom. The molecule has 0 amide bonds. The van der Waals surface area contributed by atoms with E-state index in [0.29, 0.717) is 17.5 Å². The van der Waals surface area contributed by atoms with E-state index in [2.05, 4.69) is 126 Å². The molecule has 5 heteroatoms. The molecule has 56 heavy (non-hydrogen) atoms. The smallest absolute Gasteiger partial charge is 0.166 e. The van der Waals surface area contributed by atoms with E-state index in [1.165, 1.54) is 10.8 Å². The number of para-hydroxylation sites is 3. The Morgan fingerprint density at radius 2 is 0.857 bits per heavy atom. The van der Waals surface area contributed by atoms with Gasteiger partial charge in [0.25, 0.3) is 0 Å². The van der Waals surface area contributed by atoms with Crippen molar-refractivity contribution in [1.29, 1.82) is 0 Å². The zero-order valence-electron chi connectivity index (χ0n) is 30.2. The second-order valence-electron chi connectivity index (χ2n) is 14.0. The zero-order chi connectivity index (χ0) is 37.0. The third-order valence-electron chi connectivity index (χ3n) is 10.7. The summed E-state index contributed by atoms with van der Waals surface area (Å²) >= 11 is 0. The van der Waals surface area contributed by atoms with Crippen molar-refractivity contribution >= 4 is 43.7 Å². The summed E-state index contributed by atoms with van der Waals surface area (Å²) in [5.74, 6) is 1.85. The van der Waals surface area contributed by atoms with Crippen LogP contribution in [0.4, 0.5) is 0 Å². The first-order valence-corrected chi connectivity index (χ1v) is 18.8. The largest absolute Gasteiger partial charge is 0.456 e. The first-order chi connectivity index (χ1) is 27.8. The average Bonchev–Trinajstić information content (AvgIpc) is 3.82. The Morgan fingerprint density at radius 1 is 0.321 bits per heavy atom. The van der Waals surface area contributed by atoms with E-state index < -0.39 is 0 Å². The molecule has 11 rings (SSSR count). The lowest BCUT2D eigenvalue weighted by Gasteiger charge is -2.19. The average molecular weight is 717 g/mol. The van der Waals surface area contributed by atoms with Crippen molar-refractivity contribution in [3.63, 3.8) is 0 Å². The molecule has 11 aromatic rings. The van der Waals surface area contributed by atoms with Crippen LogP contribution in [0.25, 0.3) is 106 Å². The van der Waals surface area contributed by atoms with Crippen LogP contribution in [0.2, 0.25) is 0 Å². The molecule has 0 saturated heterocycles. The second kappa shape index (κ2) is 13.0. The minimum atomic E-state index is 0.602. The monoisotopic (exact) mass is 716 g/mol. The zero-order valence-corrected chi connectivity index (χ0v) is 30.2. The molecule has 0 atom stereocenters. The number of hydrogen-bond acceptors (Lipinski definition) is 4. The van der Waals surface area contributed by atoms with Crippen LogP contribution < -0.4 is 0 Å². The van der Waals surface area contributed by atoms with Gasteiger partial charge in [0.2, 0.25) is 0 Å². The molecule has 0 aliphatic carbocycles. The molecule has 0 fully saturated rings. The van der Waals surface area contributed by atoms with Gasteiger partial charge in [-0.05, 0) is 53.1 Å². The Labute approximate surface area is 322 Å². The number of nitrogens with zero attached hydrogens (tertiary/aromatic N) is 4. The Hall–Kier alpha value is -7.63. The highest BCUT2D eigenvalue weighted by molar-refractivity contribution is 6.12. The van der Waals surface area contributed by atoms with Crippen LogP contribution in [0.1, 0.15) is 0 Å². The van der Waals surface area contributed by atoms with Crippen LogP contribution >= 0.6 is 0 Å². The molecule has 0 saturated carbocycles. The van der Waals surface area contributed by atoms with Crippen LogP contribution in [-0.4, -0.2) is 19.5 Å². The summed E-state index contributed by atoms with van der Waals surface area (Å²) in [6, 6.07) is 67.5. The lowest BCUT2D eigenvalue weighted by atomic mass is 9.98. The summed E-state index contributed by atoms with van der Waals surface area (Å²) in [5, 5.41) is 4.56. The van der Waals surface area contributed by atoms with Gasteiger partial charge in [0, 0.05) is 43.8 Å². The molecule has 0 unspecified atom stereocenters. The molecule has 0 N–H and O–H groups in total. The van der Waals surface area contributed by atoms with Gasteiger partial charge in [-0.1, -0.05) is 158 Å². The predicted molar refractivity (Wildman–Crippen MR) is 229 cm³/mol. The number of fused-ring (bicyclic) bond motifs is 6. The van der Waals surface area contributed by atoms with Crippen LogP contribution in [-0.2, 0) is 0 Å². The van der Waals surface area contributed by atoms with Gasteiger partial charge in [0.05, 0.1) is 16.7 Å². The van der Waals surface area contributed by atoms with Crippen molar-refractivity contribution in [3.05, 3.63) is 194 Å². The molecule has 0 aliphatic rings. The number of furan rings is 1. The normalized spacial score (nSPS) is 11.6. The second-order valence-corrected chi connectivity index (χ2v) is 14.0. The third kappa shape index (κ3) is 5.29. The predicted octanol–water partition coefficient (Wildman–Crippen LogP) is 13.2. The van der Waals surface area contributed by atoms with Crippen LogP contribution in [0, 0.1) is 0 Å².